The molecule has 0 aliphatic rings. The predicted octanol–water partition coefficient (Wildman–Crippen LogP) is 4.51. The molecule has 2 rings (SSSR count). The van der Waals surface area contributed by atoms with Crippen LogP contribution in [-0.4, -0.2) is 35.9 Å². The van der Waals surface area contributed by atoms with Crippen molar-refractivity contribution in [1.29, 1.82) is 10.5 Å². The maximum Gasteiger partial charge on any atom is 0.308 e. The number of hydrogen-bond acceptors (Lipinski definition) is 10. The number of benzene rings is 2. The van der Waals surface area contributed by atoms with E-state index in [0.717, 1.165) is 11.8 Å². The van der Waals surface area contributed by atoms with Gasteiger partial charge in [-0.05, 0) is 44.2 Å². The Morgan fingerprint density at radius 1 is 1.15 bits per heavy atom. The highest BCUT2D eigenvalue weighted by molar-refractivity contribution is 5.83. The largest absolute Gasteiger partial charge is 0.455 e. The standard InChI is InChI=1S/C23H22N6O5/c1-16(30)17(2)34-23(31)10-13-28(12-3-11-24)20-6-4-19(5-7-20)26-27-22-9-8-21(29(32)33)14-18(22)15-25/h4-9,14,17H,3,10,12-13H2,1-2H3. The van der Waals surface area contributed by atoms with Crippen LogP contribution in [0.25, 0.3) is 0 Å². The number of rotatable bonds is 11. The maximum atomic E-state index is 12.0. The molecule has 0 aromatic heterocycles. The van der Waals surface area contributed by atoms with Crippen LogP contribution in [0, 0.1) is 32.8 Å². The third-order valence-corrected chi connectivity index (χ3v) is 4.76. The third-order valence-electron chi connectivity index (χ3n) is 4.76. The van der Waals surface area contributed by atoms with Gasteiger partial charge in [0.25, 0.3) is 5.69 Å². The Balaban J connectivity index is 2.10. The number of nitro benzene ring substituents is 1. The molecular formula is C23H22N6O5. The first-order chi connectivity index (χ1) is 16.2. The second kappa shape index (κ2) is 12.4. The summed E-state index contributed by atoms with van der Waals surface area (Å²) in [6, 6.07) is 14.5. The smallest absolute Gasteiger partial charge is 0.308 e. The zero-order chi connectivity index (χ0) is 25.1. The summed E-state index contributed by atoms with van der Waals surface area (Å²) >= 11 is 0. The molecular weight excluding hydrogens is 440 g/mol. The molecule has 0 saturated carbocycles. The van der Waals surface area contributed by atoms with Crippen molar-refractivity contribution in [3.63, 3.8) is 0 Å². The molecule has 0 bridgehead atoms. The summed E-state index contributed by atoms with van der Waals surface area (Å²) in [4.78, 5) is 35.3. The second-order valence-corrected chi connectivity index (χ2v) is 7.17. The molecule has 0 aliphatic heterocycles. The van der Waals surface area contributed by atoms with Crippen LogP contribution >= 0.6 is 0 Å². The number of Topliss-reactive ketones (excluding diaryl/α,β-unsaturated/α-hetero) is 1. The molecule has 11 heteroatoms. The first kappa shape index (κ1) is 25.6. The van der Waals surface area contributed by atoms with E-state index in [1.54, 1.807) is 24.3 Å². The van der Waals surface area contributed by atoms with Gasteiger partial charge in [-0.2, -0.15) is 15.6 Å². The fourth-order valence-corrected chi connectivity index (χ4v) is 2.78. The van der Waals surface area contributed by atoms with Crippen molar-refractivity contribution < 1.29 is 19.2 Å². The van der Waals surface area contributed by atoms with E-state index in [1.807, 2.05) is 11.0 Å². The van der Waals surface area contributed by atoms with Gasteiger partial charge in [0.2, 0.25) is 0 Å². The van der Waals surface area contributed by atoms with Crippen LogP contribution in [0.4, 0.5) is 22.7 Å². The number of nitrogens with zero attached hydrogens (tertiary/aromatic N) is 6. The van der Waals surface area contributed by atoms with E-state index in [2.05, 4.69) is 16.3 Å². The Labute approximate surface area is 196 Å². The number of esters is 1. The number of nitriles is 2. The molecule has 0 heterocycles. The van der Waals surface area contributed by atoms with Gasteiger partial charge in [0.05, 0.1) is 35.1 Å². The minimum Gasteiger partial charge on any atom is -0.455 e. The summed E-state index contributed by atoms with van der Waals surface area (Å²) in [5, 5.41) is 37.1. The maximum absolute atomic E-state index is 12.0. The van der Waals surface area contributed by atoms with E-state index in [0.29, 0.717) is 18.8 Å². The molecule has 1 atom stereocenters. The molecule has 2 aromatic carbocycles. The summed E-state index contributed by atoms with van der Waals surface area (Å²) in [5.41, 5.74) is 1.24. The van der Waals surface area contributed by atoms with Crippen LogP contribution in [0.15, 0.2) is 52.7 Å². The van der Waals surface area contributed by atoms with Gasteiger partial charge in [-0.15, -0.1) is 5.11 Å². The number of nitro groups is 1. The second-order valence-electron chi connectivity index (χ2n) is 7.17. The van der Waals surface area contributed by atoms with E-state index in [4.69, 9.17) is 10.00 Å². The third kappa shape index (κ3) is 7.50. The predicted molar refractivity (Wildman–Crippen MR) is 122 cm³/mol. The normalized spacial score (nSPS) is 11.3. The zero-order valence-corrected chi connectivity index (χ0v) is 18.7. The Bertz CT molecular complexity index is 1160. The molecule has 0 N–H and O–H groups in total. The van der Waals surface area contributed by atoms with Crippen molar-refractivity contribution in [3.05, 3.63) is 58.1 Å². The lowest BCUT2D eigenvalue weighted by Gasteiger charge is -2.23. The number of ether oxygens (including phenoxy) is 1. The zero-order valence-electron chi connectivity index (χ0n) is 18.7. The van der Waals surface area contributed by atoms with E-state index >= 15 is 0 Å². The van der Waals surface area contributed by atoms with Crippen molar-refractivity contribution in [2.45, 2.75) is 32.8 Å². The number of carbonyl (C=O) groups is 2. The van der Waals surface area contributed by atoms with E-state index in [1.165, 1.54) is 26.0 Å². The average molecular weight is 462 g/mol. The Morgan fingerprint density at radius 3 is 2.44 bits per heavy atom. The van der Waals surface area contributed by atoms with E-state index in [-0.39, 0.29) is 35.6 Å². The van der Waals surface area contributed by atoms with Crippen LogP contribution in [0.1, 0.15) is 32.3 Å². The van der Waals surface area contributed by atoms with Crippen LogP contribution in [0.2, 0.25) is 0 Å². The fourth-order valence-electron chi connectivity index (χ4n) is 2.78. The van der Waals surface area contributed by atoms with Crippen molar-refractivity contribution in [2.75, 3.05) is 18.0 Å². The summed E-state index contributed by atoms with van der Waals surface area (Å²) in [7, 11) is 0. The highest BCUT2D eigenvalue weighted by Crippen LogP contribution is 2.27. The van der Waals surface area contributed by atoms with E-state index < -0.39 is 17.0 Å². The lowest BCUT2D eigenvalue weighted by atomic mass is 10.2. The van der Waals surface area contributed by atoms with Crippen LogP contribution in [0.3, 0.4) is 0 Å². The van der Waals surface area contributed by atoms with E-state index in [9.17, 15) is 25.0 Å². The van der Waals surface area contributed by atoms with Crippen LogP contribution in [-0.2, 0) is 14.3 Å². The fraction of sp³-hybridized carbons (Fsp3) is 0.304. The summed E-state index contributed by atoms with van der Waals surface area (Å²) < 4.78 is 5.07. The average Bonchev–Trinajstić information content (AvgIpc) is 2.82. The summed E-state index contributed by atoms with van der Waals surface area (Å²) in [5.74, 6) is -0.749. The molecule has 174 valence electrons. The van der Waals surface area contributed by atoms with Gasteiger partial charge < -0.3 is 9.64 Å². The van der Waals surface area contributed by atoms with Crippen molar-refractivity contribution >= 4 is 34.5 Å². The Hall–Kier alpha value is -4.64. The summed E-state index contributed by atoms with van der Waals surface area (Å²) in [6.45, 7) is 3.54. The molecule has 2 aromatic rings. The molecule has 0 aliphatic carbocycles. The number of anilines is 1. The van der Waals surface area contributed by atoms with Crippen molar-refractivity contribution in [1.82, 2.24) is 0 Å². The monoisotopic (exact) mass is 462 g/mol. The minimum atomic E-state index is -0.804. The van der Waals surface area contributed by atoms with Gasteiger partial charge in [0, 0.05) is 30.9 Å². The lowest BCUT2D eigenvalue weighted by Crippen LogP contribution is -2.29. The van der Waals surface area contributed by atoms with Gasteiger partial charge in [0.15, 0.2) is 11.9 Å². The molecule has 11 nitrogen and oxygen atoms in total. The Kier molecular flexibility index (Phi) is 9.35. The molecule has 34 heavy (non-hydrogen) atoms. The number of non-ortho nitro benzene ring substituents is 1. The number of ketones is 1. The number of azo groups is 1. The molecule has 0 fully saturated rings. The molecule has 1 unspecified atom stereocenters. The highest BCUT2D eigenvalue weighted by atomic mass is 16.6. The minimum absolute atomic E-state index is 0.0308. The van der Waals surface area contributed by atoms with Gasteiger partial charge >= 0.3 is 5.97 Å². The van der Waals surface area contributed by atoms with Gasteiger partial charge in [-0.1, -0.05) is 0 Å². The Morgan fingerprint density at radius 2 is 1.85 bits per heavy atom. The molecule has 0 spiro atoms. The van der Waals surface area contributed by atoms with Crippen LogP contribution in [0.5, 0.6) is 0 Å². The lowest BCUT2D eigenvalue weighted by molar-refractivity contribution is -0.384. The van der Waals surface area contributed by atoms with Crippen molar-refractivity contribution in [2.24, 2.45) is 10.2 Å². The first-order valence-electron chi connectivity index (χ1n) is 10.3. The number of carbonyl (C=O) groups excluding carboxylic acids is 2. The van der Waals surface area contributed by atoms with Crippen molar-refractivity contribution in [3.8, 4) is 12.1 Å². The van der Waals surface area contributed by atoms with Gasteiger partial charge in [-0.3, -0.25) is 19.7 Å². The quantitative estimate of drug-likeness (QED) is 0.204. The van der Waals surface area contributed by atoms with Gasteiger partial charge in [0.1, 0.15) is 11.8 Å². The van der Waals surface area contributed by atoms with Gasteiger partial charge in [-0.25, -0.2) is 0 Å². The first-order valence-corrected chi connectivity index (χ1v) is 10.3. The molecule has 0 radical (unpaired) electrons. The summed E-state index contributed by atoms with van der Waals surface area (Å²) in [6.07, 6.45) is -0.513. The SMILES string of the molecule is CC(=O)C(C)OC(=O)CCN(CCC#N)c1ccc(N=Nc2ccc([N+](=O)[O-])cc2C#N)cc1. The molecule has 0 amide bonds. The van der Waals surface area contributed by atoms with Crippen LogP contribution < -0.4 is 4.90 Å². The topological polar surface area (TPSA) is 162 Å². The highest BCUT2D eigenvalue weighted by Gasteiger charge is 2.15. The number of hydrogen-bond donors (Lipinski definition) is 0. The molecule has 0 saturated heterocycles.